The molecule has 0 atom stereocenters. The van der Waals surface area contributed by atoms with Crippen molar-refractivity contribution in [2.24, 2.45) is 0 Å². The summed E-state index contributed by atoms with van der Waals surface area (Å²) in [6.07, 6.45) is 0. The van der Waals surface area contributed by atoms with Gasteiger partial charge in [-0.15, -0.1) is 0 Å². The van der Waals surface area contributed by atoms with Crippen LogP contribution in [0.3, 0.4) is 0 Å². The number of hydrogen-bond acceptors (Lipinski definition) is 4. The third kappa shape index (κ3) is 5.34. The van der Waals surface area contributed by atoms with Gasteiger partial charge in [-0.25, -0.2) is 15.0 Å². The van der Waals surface area contributed by atoms with Crippen LogP contribution in [-0.2, 0) is 0 Å². The van der Waals surface area contributed by atoms with Gasteiger partial charge in [0, 0.05) is 32.8 Å². The fourth-order valence-corrected chi connectivity index (χ4v) is 7.96. The third-order valence-electron chi connectivity index (χ3n) is 10.7. The molecule has 0 aliphatic carbocycles. The summed E-state index contributed by atoms with van der Waals surface area (Å²) in [5.41, 5.74) is 9.19. The first kappa shape index (κ1) is 31.1. The van der Waals surface area contributed by atoms with Crippen LogP contribution in [0.2, 0.25) is 0 Å². The molecule has 0 saturated carbocycles. The minimum Gasteiger partial charge on any atom is -0.455 e. The molecule has 0 bridgehead atoms. The van der Waals surface area contributed by atoms with Crippen LogP contribution < -0.4 is 0 Å². The summed E-state index contributed by atoms with van der Waals surface area (Å²) in [4.78, 5) is 15.0. The van der Waals surface area contributed by atoms with E-state index in [9.17, 15) is 0 Å². The van der Waals surface area contributed by atoms with Crippen molar-refractivity contribution in [3.63, 3.8) is 0 Å². The van der Waals surface area contributed by atoms with E-state index in [0.29, 0.717) is 17.5 Å². The topological polar surface area (TPSA) is 51.8 Å². The van der Waals surface area contributed by atoms with Gasteiger partial charge in [-0.2, -0.15) is 0 Å². The second-order valence-corrected chi connectivity index (χ2v) is 14.0. The zero-order chi connectivity index (χ0) is 36.3. The highest BCUT2D eigenvalue weighted by Crippen LogP contribution is 2.42. The minimum atomic E-state index is 0.631. The Bertz CT molecular complexity index is 3250. The average molecular weight is 702 g/mol. The molecule has 2 aromatic heterocycles. The zero-order valence-electron chi connectivity index (χ0n) is 29.6. The summed E-state index contributed by atoms with van der Waals surface area (Å²) >= 11 is 0. The number of nitrogens with zero attached hydrogens (tertiary/aromatic N) is 3. The summed E-state index contributed by atoms with van der Waals surface area (Å²) in [6, 6.07) is 65.8. The molecule has 0 unspecified atom stereocenters. The van der Waals surface area contributed by atoms with Gasteiger partial charge in [-0.3, -0.25) is 0 Å². The van der Waals surface area contributed by atoms with Crippen LogP contribution in [0.15, 0.2) is 192 Å². The molecule has 0 amide bonds. The van der Waals surface area contributed by atoms with Crippen molar-refractivity contribution >= 4 is 54.3 Å². The fourth-order valence-electron chi connectivity index (χ4n) is 7.96. The van der Waals surface area contributed by atoms with E-state index in [0.717, 1.165) is 71.5 Å². The van der Waals surface area contributed by atoms with Crippen LogP contribution in [0.4, 0.5) is 0 Å². The lowest BCUT2D eigenvalue weighted by atomic mass is 9.94. The summed E-state index contributed by atoms with van der Waals surface area (Å²) in [7, 11) is 0. The molecule has 0 aliphatic heterocycles. The monoisotopic (exact) mass is 701 g/mol. The van der Waals surface area contributed by atoms with E-state index in [1.54, 1.807) is 0 Å². The van der Waals surface area contributed by atoms with Crippen molar-refractivity contribution in [3.8, 4) is 56.4 Å². The summed E-state index contributed by atoms with van der Waals surface area (Å²) in [5, 5.41) is 9.21. The van der Waals surface area contributed by atoms with Crippen LogP contribution in [0.1, 0.15) is 0 Å². The molecule has 9 aromatic carbocycles. The van der Waals surface area contributed by atoms with Crippen LogP contribution in [0.25, 0.3) is 111 Å². The molecule has 0 aliphatic rings. The Hall–Kier alpha value is -7.43. The molecule has 2 heterocycles. The van der Waals surface area contributed by atoms with Crippen molar-refractivity contribution in [2.75, 3.05) is 0 Å². The largest absolute Gasteiger partial charge is 0.455 e. The molecule has 11 aromatic rings. The van der Waals surface area contributed by atoms with Gasteiger partial charge in [0.25, 0.3) is 0 Å². The first-order valence-corrected chi connectivity index (χ1v) is 18.5. The normalized spacial score (nSPS) is 11.6. The highest BCUT2D eigenvalue weighted by atomic mass is 16.3. The van der Waals surface area contributed by atoms with E-state index in [1.807, 2.05) is 30.3 Å². The van der Waals surface area contributed by atoms with Gasteiger partial charge in [0.15, 0.2) is 17.5 Å². The lowest BCUT2D eigenvalue weighted by Gasteiger charge is -2.11. The first-order chi connectivity index (χ1) is 27.2. The van der Waals surface area contributed by atoms with Gasteiger partial charge in [0.05, 0.1) is 0 Å². The first-order valence-electron chi connectivity index (χ1n) is 18.5. The molecule has 256 valence electrons. The minimum absolute atomic E-state index is 0.631. The molecule has 0 fully saturated rings. The number of rotatable bonds is 5. The quantitative estimate of drug-likeness (QED) is 0.179. The summed E-state index contributed by atoms with van der Waals surface area (Å²) in [6.45, 7) is 0. The molecule has 55 heavy (non-hydrogen) atoms. The second kappa shape index (κ2) is 12.6. The summed E-state index contributed by atoms with van der Waals surface area (Å²) < 4.78 is 6.70. The number of aromatic nitrogens is 3. The third-order valence-corrected chi connectivity index (χ3v) is 10.7. The maximum absolute atomic E-state index is 6.70. The van der Waals surface area contributed by atoms with Crippen LogP contribution >= 0.6 is 0 Å². The predicted molar refractivity (Wildman–Crippen MR) is 227 cm³/mol. The van der Waals surface area contributed by atoms with Gasteiger partial charge >= 0.3 is 0 Å². The average Bonchev–Trinajstić information content (AvgIpc) is 3.64. The van der Waals surface area contributed by atoms with Crippen molar-refractivity contribution < 1.29 is 4.42 Å². The van der Waals surface area contributed by atoms with E-state index >= 15 is 0 Å². The molecular formula is C51H31N3O. The SMILES string of the molecule is c1ccc(-c2nc(-c3ccc(-c4cc5c6ccc(-c7cccc8ccccc78)cc6oc5c5ccccc45)cc3)nc(-c3ccc4ccccc4c3)n2)cc1. The Kier molecular flexibility index (Phi) is 7.14. The van der Waals surface area contributed by atoms with E-state index in [4.69, 9.17) is 19.4 Å². The van der Waals surface area contributed by atoms with Crippen LogP contribution in [0, 0.1) is 0 Å². The predicted octanol–water partition coefficient (Wildman–Crippen LogP) is 13.6. The lowest BCUT2D eigenvalue weighted by Crippen LogP contribution is -2.00. The molecule has 0 N–H and O–H groups in total. The van der Waals surface area contributed by atoms with Crippen molar-refractivity contribution in [2.45, 2.75) is 0 Å². The Morgan fingerprint density at radius 3 is 1.67 bits per heavy atom. The number of fused-ring (bicyclic) bond motifs is 7. The maximum atomic E-state index is 6.70. The fraction of sp³-hybridized carbons (Fsp3) is 0. The standard InChI is InChI=1S/C51H31N3O/c1-2-13-35(14-3-1)49-52-50(54-51(53-49)39-26-21-32-11-4-5-15-37(32)29-39)36-24-22-34(23-25-36)45-31-46-43-28-27-38(41-20-10-16-33-12-6-7-17-40(33)41)30-47(43)55-48(46)44-19-9-8-18-42(44)45/h1-31H. The summed E-state index contributed by atoms with van der Waals surface area (Å²) in [5.74, 6) is 1.92. The van der Waals surface area contributed by atoms with Gasteiger partial charge < -0.3 is 4.42 Å². The molecule has 0 radical (unpaired) electrons. The Balaban J connectivity index is 1.02. The molecule has 0 spiro atoms. The molecule has 0 saturated heterocycles. The van der Waals surface area contributed by atoms with E-state index in [-0.39, 0.29) is 0 Å². The van der Waals surface area contributed by atoms with Gasteiger partial charge in [-0.05, 0) is 73.5 Å². The van der Waals surface area contributed by atoms with Crippen LogP contribution in [0.5, 0.6) is 0 Å². The highest BCUT2D eigenvalue weighted by Gasteiger charge is 2.17. The van der Waals surface area contributed by atoms with Crippen LogP contribution in [-0.4, -0.2) is 15.0 Å². The van der Waals surface area contributed by atoms with E-state index in [1.165, 1.54) is 21.7 Å². The van der Waals surface area contributed by atoms with Gasteiger partial charge in [0.1, 0.15) is 11.2 Å². The zero-order valence-corrected chi connectivity index (χ0v) is 29.6. The Labute approximate surface area is 317 Å². The smallest absolute Gasteiger partial charge is 0.164 e. The number of hydrogen-bond donors (Lipinski definition) is 0. The second-order valence-electron chi connectivity index (χ2n) is 14.0. The van der Waals surface area contributed by atoms with Crippen molar-refractivity contribution in [1.29, 1.82) is 0 Å². The lowest BCUT2D eigenvalue weighted by molar-refractivity contribution is 0.673. The van der Waals surface area contributed by atoms with E-state index < -0.39 is 0 Å². The van der Waals surface area contributed by atoms with Crippen molar-refractivity contribution in [3.05, 3.63) is 188 Å². The molecule has 4 nitrogen and oxygen atoms in total. The van der Waals surface area contributed by atoms with Crippen molar-refractivity contribution in [1.82, 2.24) is 15.0 Å². The molecular weight excluding hydrogens is 671 g/mol. The Morgan fingerprint density at radius 2 is 0.873 bits per heavy atom. The van der Waals surface area contributed by atoms with Gasteiger partial charge in [0.2, 0.25) is 0 Å². The molecule has 11 rings (SSSR count). The number of furan rings is 1. The van der Waals surface area contributed by atoms with E-state index in [2.05, 4.69) is 158 Å². The number of benzene rings is 9. The molecule has 4 heteroatoms. The van der Waals surface area contributed by atoms with Gasteiger partial charge in [-0.1, -0.05) is 164 Å². The maximum Gasteiger partial charge on any atom is 0.164 e. The highest BCUT2D eigenvalue weighted by molar-refractivity contribution is 6.19. The Morgan fingerprint density at radius 1 is 0.291 bits per heavy atom.